The van der Waals surface area contributed by atoms with Crippen molar-refractivity contribution in [3.05, 3.63) is 53.2 Å². The summed E-state index contributed by atoms with van der Waals surface area (Å²) in [6.07, 6.45) is 3.48. The number of benzene rings is 1. The van der Waals surface area contributed by atoms with E-state index in [4.69, 9.17) is 4.98 Å². The minimum atomic E-state index is 0.604. The summed E-state index contributed by atoms with van der Waals surface area (Å²) in [5.74, 6) is 2.45. The Bertz CT molecular complexity index is 700. The number of hydrogen-bond acceptors (Lipinski definition) is 3. The highest BCUT2D eigenvalue weighted by molar-refractivity contribution is 5.51. The minimum absolute atomic E-state index is 0.604. The quantitative estimate of drug-likeness (QED) is 0.913. The summed E-state index contributed by atoms with van der Waals surface area (Å²) < 4.78 is 0. The third kappa shape index (κ3) is 3.12. The zero-order valence-electron chi connectivity index (χ0n) is 14.8. The third-order valence-electron chi connectivity index (χ3n) is 5.33. The van der Waals surface area contributed by atoms with Gasteiger partial charge in [-0.1, -0.05) is 32.0 Å². The molecule has 1 aromatic carbocycles. The van der Waals surface area contributed by atoms with Crippen LogP contribution in [0.3, 0.4) is 0 Å². The Balaban J connectivity index is 1.34. The van der Waals surface area contributed by atoms with E-state index in [1.165, 1.54) is 35.3 Å². The van der Waals surface area contributed by atoms with E-state index in [1.54, 1.807) is 0 Å². The molecule has 0 amide bonds. The third-order valence-corrected chi connectivity index (χ3v) is 5.33. The van der Waals surface area contributed by atoms with Crippen LogP contribution in [-0.2, 0) is 12.8 Å². The van der Waals surface area contributed by atoms with Crippen LogP contribution in [0, 0.1) is 5.92 Å². The maximum absolute atomic E-state index is 4.83. The van der Waals surface area contributed by atoms with Crippen molar-refractivity contribution in [3.8, 4) is 0 Å². The Morgan fingerprint density at radius 2 is 1.92 bits per heavy atom. The lowest BCUT2D eigenvalue weighted by atomic mass is 9.92. The van der Waals surface area contributed by atoms with Crippen molar-refractivity contribution in [2.24, 2.45) is 5.92 Å². The predicted molar refractivity (Wildman–Crippen MR) is 101 cm³/mol. The van der Waals surface area contributed by atoms with Crippen molar-refractivity contribution in [3.63, 3.8) is 0 Å². The largest absolute Gasteiger partial charge is 0.371 e. The van der Waals surface area contributed by atoms with Gasteiger partial charge in [-0.25, -0.2) is 4.98 Å². The second kappa shape index (κ2) is 6.46. The molecule has 1 fully saturated rings. The first kappa shape index (κ1) is 15.5. The molecule has 126 valence electrons. The molecule has 4 rings (SSSR count). The first-order valence-corrected chi connectivity index (χ1v) is 9.26. The van der Waals surface area contributed by atoms with E-state index in [0.29, 0.717) is 5.92 Å². The lowest BCUT2D eigenvalue weighted by Gasteiger charge is -2.41. The summed E-state index contributed by atoms with van der Waals surface area (Å²) in [4.78, 5) is 7.31. The van der Waals surface area contributed by atoms with Gasteiger partial charge < -0.3 is 10.2 Å². The van der Waals surface area contributed by atoms with Crippen LogP contribution in [0.5, 0.6) is 0 Å². The number of pyridine rings is 1. The number of nitrogens with one attached hydrogen (secondary N) is 1. The second-order valence-corrected chi connectivity index (χ2v) is 7.56. The van der Waals surface area contributed by atoms with Crippen molar-refractivity contribution in [2.75, 3.05) is 29.9 Å². The zero-order chi connectivity index (χ0) is 16.5. The van der Waals surface area contributed by atoms with E-state index in [0.717, 1.165) is 37.8 Å². The standard InChI is InChI=1S/C21H27N3/c1-15(2)17-6-9-20(10-7-17)24-13-16(14-24)12-19-8-5-18-4-3-11-22-21(18)23-19/h5-10,15-16H,3-4,11-14H2,1-2H3,(H,22,23). The number of rotatable bonds is 4. The summed E-state index contributed by atoms with van der Waals surface area (Å²) in [6, 6.07) is 13.6. The van der Waals surface area contributed by atoms with E-state index >= 15 is 0 Å². The second-order valence-electron chi connectivity index (χ2n) is 7.56. The van der Waals surface area contributed by atoms with Crippen LogP contribution in [-0.4, -0.2) is 24.6 Å². The van der Waals surface area contributed by atoms with Gasteiger partial charge in [-0.2, -0.15) is 0 Å². The molecule has 1 aromatic heterocycles. The van der Waals surface area contributed by atoms with Crippen molar-refractivity contribution in [2.45, 2.75) is 39.0 Å². The lowest BCUT2D eigenvalue weighted by Crippen LogP contribution is -2.47. The molecule has 0 saturated carbocycles. The topological polar surface area (TPSA) is 28.2 Å². The van der Waals surface area contributed by atoms with Crippen molar-refractivity contribution in [1.82, 2.24) is 4.98 Å². The van der Waals surface area contributed by atoms with Gasteiger partial charge in [0.15, 0.2) is 0 Å². The van der Waals surface area contributed by atoms with E-state index in [1.807, 2.05) is 0 Å². The molecular formula is C21H27N3. The van der Waals surface area contributed by atoms with Gasteiger partial charge in [-0.15, -0.1) is 0 Å². The van der Waals surface area contributed by atoms with Crippen LogP contribution >= 0.6 is 0 Å². The molecular weight excluding hydrogens is 294 g/mol. The maximum Gasteiger partial charge on any atom is 0.129 e. The van der Waals surface area contributed by atoms with Crippen molar-refractivity contribution in [1.29, 1.82) is 0 Å². The predicted octanol–water partition coefficient (Wildman–Crippen LogP) is 4.24. The number of aromatic nitrogens is 1. The van der Waals surface area contributed by atoms with Crippen LogP contribution in [0.1, 0.15) is 43.0 Å². The molecule has 3 nitrogen and oxygen atoms in total. The van der Waals surface area contributed by atoms with Gasteiger partial charge in [0, 0.05) is 31.0 Å². The molecule has 0 radical (unpaired) electrons. The first-order valence-electron chi connectivity index (χ1n) is 9.26. The molecule has 3 heterocycles. The monoisotopic (exact) mass is 321 g/mol. The summed E-state index contributed by atoms with van der Waals surface area (Å²) in [6.45, 7) is 7.84. The molecule has 24 heavy (non-hydrogen) atoms. The van der Waals surface area contributed by atoms with Gasteiger partial charge in [0.25, 0.3) is 0 Å². The van der Waals surface area contributed by atoms with Gasteiger partial charge >= 0.3 is 0 Å². The van der Waals surface area contributed by atoms with Crippen LogP contribution in [0.2, 0.25) is 0 Å². The zero-order valence-corrected chi connectivity index (χ0v) is 14.8. The van der Waals surface area contributed by atoms with E-state index < -0.39 is 0 Å². The average molecular weight is 321 g/mol. The molecule has 0 bridgehead atoms. The Morgan fingerprint density at radius 3 is 2.67 bits per heavy atom. The minimum Gasteiger partial charge on any atom is -0.371 e. The van der Waals surface area contributed by atoms with Gasteiger partial charge in [0.1, 0.15) is 5.82 Å². The smallest absolute Gasteiger partial charge is 0.129 e. The summed E-state index contributed by atoms with van der Waals surface area (Å²) >= 11 is 0. The number of hydrogen-bond donors (Lipinski definition) is 1. The van der Waals surface area contributed by atoms with E-state index in [-0.39, 0.29) is 0 Å². The van der Waals surface area contributed by atoms with Gasteiger partial charge in [-0.3, -0.25) is 0 Å². The van der Waals surface area contributed by atoms with Crippen LogP contribution < -0.4 is 10.2 Å². The first-order chi connectivity index (χ1) is 11.7. The molecule has 1 saturated heterocycles. The highest BCUT2D eigenvalue weighted by Crippen LogP contribution is 2.29. The maximum atomic E-state index is 4.83. The molecule has 2 aliphatic heterocycles. The number of fused-ring (bicyclic) bond motifs is 1. The van der Waals surface area contributed by atoms with Gasteiger partial charge in [0.2, 0.25) is 0 Å². The van der Waals surface area contributed by atoms with Gasteiger partial charge in [0.05, 0.1) is 0 Å². The fraction of sp³-hybridized carbons (Fsp3) is 0.476. The summed E-state index contributed by atoms with van der Waals surface area (Å²) in [5, 5.41) is 3.44. The van der Waals surface area contributed by atoms with E-state index in [2.05, 4.69) is 60.5 Å². The molecule has 1 N–H and O–H groups in total. The highest BCUT2D eigenvalue weighted by Gasteiger charge is 2.27. The van der Waals surface area contributed by atoms with Crippen LogP contribution in [0.15, 0.2) is 36.4 Å². The van der Waals surface area contributed by atoms with Crippen molar-refractivity contribution < 1.29 is 0 Å². The van der Waals surface area contributed by atoms with E-state index in [9.17, 15) is 0 Å². The number of anilines is 2. The Hall–Kier alpha value is -2.03. The molecule has 3 heteroatoms. The SMILES string of the molecule is CC(C)c1ccc(N2CC(Cc3ccc4c(n3)NCCC4)C2)cc1. The molecule has 0 unspecified atom stereocenters. The Labute approximate surface area is 145 Å². The Morgan fingerprint density at radius 1 is 1.12 bits per heavy atom. The average Bonchev–Trinajstić information content (AvgIpc) is 2.58. The number of nitrogens with zero attached hydrogens (tertiary/aromatic N) is 2. The van der Waals surface area contributed by atoms with Crippen LogP contribution in [0.4, 0.5) is 11.5 Å². The fourth-order valence-electron chi connectivity index (χ4n) is 3.76. The Kier molecular flexibility index (Phi) is 4.17. The van der Waals surface area contributed by atoms with Gasteiger partial charge in [-0.05, 0) is 60.4 Å². The van der Waals surface area contributed by atoms with Crippen molar-refractivity contribution >= 4 is 11.5 Å². The summed E-state index contributed by atoms with van der Waals surface area (Å²) in [5.41, 5.74) is 5.39. The molecule has 0 aliphatic carbocycles. The normalized spacial score (nSPS) is 17.4. The number of aryl methyl sites for hydroxylation is 1. The summed E-state index contributed by atoms with van der Waals surface area (Å²) in [7, 11) is 0. The fourth-order valence-corrected chi connectivity index (χ4v) is 3.76. The molecule has 2 aromatic rings. The lowest BCUT2D eigenvalue weighted by molar-refractivity contribution is 0.405. The highest BCUT2D eigenvalue weighted by atomic mass is 15.2. The molecule has 2 aliphatic rings. The molecule has 0 atom stereocenters. The molecule has 0 spiro atoms. The van der Waals surface area contributed by atoms with Crippen LogP contribution in [0.25, 0.3) is 0 Å².